The molecular weight excluding hydrogens is 150 g/mol. The third-order valence-corrected chi connectivity index (χ3v) is 1.96. The predicted octanol–water partition coefficient (Wildman–Crippen LogP) is 1.77. The summed E-state index contributed by atoms with van der Waals surface area (Å²) in [5.74, 6) is 0.965. The molecule has 12 heavy (non-hydrogen) atoms. The van der Waals surface area contributed by atoms with Crippen LogP contribution in [0.2, 0.25) is 0 Å². The molecule has 1 rings (SSSR count). The Hall–Kier alpha value is -1.02. The molecule has 0 amide bonds. The minimum Gasteiger partial charge on any atom is -0.496 e. The summed E-state index contributed by atoms with van der Waals surface area (Å²) in [5.41, 5.74) is 9.00. The molecule has 2 N–H and O–H groups in total. The standard InChI is InChI=1S/C10H15NO/c1-7-4-9(6-11)5-8(2)10(7)12-3/h4-5H,6,11H2,1-3H3. The normalized spacial score (nSPS) is 10.0. The average Bonchev–Trinajstić information content (AvgIpc) is 2.03. The van der Waals surface area contributed by atoms with Crippen LogP contribution < -0.4 is 10.5 Å². The molecule has 0 aliphatic heterocycles. The predicted molar refractivity (Wildman–Crippen MR) is 50.4 cm³/mol. The molecule has 0 aromatic heterocycles. The second kappa shape index (κ2) is 3.59. The Bertz CT molecular complexity index is 258. The van der Waals surface area contributed by atoms with Crippen LogP contribution in [0.15, 0.2) is 12.1 Å². The van der Waals surface area contributed by atoms with Crippen molar-refractivity contribution in [2.45, 2.75) is 20.4 Å². The van der Waals surface area contributed by atoms with E-state index in [0.29, 0.717) is 6.54 Å². The fraction of sp³-hybridized carbons (Fsp3) is 0.400. The van der Waals surface area contributed by atoms with Crippen LogP contribution in [0.1, 0.15) is 16.7 Å². The summed E-state index contributed by atoms with van der Waals surface area (Å²) in [5, 5.41) is 0. The van der Waals surface area contributed by atoms with Crippen molar-refractivity contribution in [3.8, 4) is 5.75 Å². The van der Waals surface area contributed by atoms with E-state index >= 15 is 0 Å². The van der Waals surface area contributed by atoms with Crippen LogP contribution in [-0.4, -0.2) is 7.11 Å². The molecule has 2 heteroatoms. The van der Waals surface area contributed by atoms with E-state index < -0.39 is 0 Å². The lowest BCUT2D eigenvalue weighted by Gasteiger charge is -2.09. The largest absolute Gasteiger partial charge is 0.496 e. The van der Waals surface area contributed by atoms with Gasteiger partial charge in [0, 0.05) is 6.54 Å². The van der Waals surface area contributed by atoms with Gasteiger partial charge in [-0.05, 0) is 30.5 Å². The van der Waals surface area contributed by atoms with Crippen LogP contribution >= 0.6 is 0 Å². The van der Waals surface area contributed by atoms with Crippen molar-refractivity contribution < 1.29 is 4.74 Å². The van der Waals surface area contributed by atoms with Crippen LogP contribution in [0.3, 0.4) is 0 Å². The maximum atomic E-state index is 5.54. The Balaban J connectivity index is 3.18. The first-order chi connectivity index (χ1) is 5.69. The van der Waals surface area contributed by atoms with Gasteiger partial charge in [-0.15, -0.1) is 0 Å². The molecule has 0 fully saturated rings. The quantitative estimate of drug-likeness (QED) is 0.724. The summed E-state index contributed by atoms with van der Waals surface area (Å²) < 4.78 is 5.23. The van der Waals surface area contributed by atoms with Gasteiger partial charge in [-0.2, -0.15) is 0 Å². The number of benzene rings is 1. The Morgan fingerprint density at radius 2 is 1.75 bits per heavy atom. The van der Waals surface area contributed by atoms with Gasteiger partial charge in [0.1, 0.15) is 5.75 Å². The first kappa shape index (κ1) is 9.07. The molecule has 0 saturated carbocycles. The van der Waals surface area contributed by atoms with E-state index in [1.54, 1.807) is 7.11 Å². The van der Waals surface area contributed by atoms with E-state index in [9.17, 15) is 0 Å². The number of methoxy groups -OCH3 is 1. The number of ether oxygens (including phenoxy) is 1. The molecule has 1 aromatic carbocycles. The molecule has 0 spiro atoms. The van der Waals surface area contributed by atoms with E-state index in [-0.39, 0.29) is 0 Å². The molecular formula is C10H15NO. The monoisotopic (exact) mass is 165 g/mol. The second-order valence-corrected chi connectivity index (χ2v) is 2.97. The van der Waals surface area contributed by atoms with Crippen molar-refractivity contribution in [1.82, 2.24) is 0 Å². The number of nitrogens with two attached hydrogens (primary N) is 1. The van der Waals surface area contributed by atoms with Crippen molar-refractivity contribution in [2.75, 3.05) is 7.11 Å². The maximum absolute atomic E-state index is 5.54. The maximum Gasteiger partial charge on any atom is 0.124 e. The van der Waals surface area contributed by atoms with Crippen molar-refractivity contribution >= 4 is 0 Å². The fourth-order valence-corrected chi connectivity index (χ4v) is 1.48. The van der Waals surface area contributed by atoms with E-state index in [4.69, 9.17) is 10.5 Å². The third kappa shape index (κ3) is 1.59. The zero-order valence-corrected chi connectivity index (χ0v) is 7.85. The average molecular weight is 165 g/mol. The minimum absolute atomic E-state index is 0.589. The molecule has 0 bridgehead atoms. The molecule has 0 atom stereocenters. The van der Waals surface area contributed by atoms with Gasteiger partial charge in [0.15, 0.2) is 0 Å². The lowest BCUT2D eigenvalue weighted by atomic mass is 10.1. The summed E-state index contributed by atoms with van der Waals surface area (Å²) in [6.07, 6.45) is 0. The fourth-order valence-electron chi connectivity index (χ4n) is 1.48. The highest BCUT2D eigenvalue weighted by Gasteiger charge is 2.03. The number of hydrogen-bond acceptors (Lipinski definition) is 2. The minimum atomic E-state index is 0.589. The highest BCUT2D eigenvalue weighted by Crippen LogP contribution is 2.23. The number of hydrogen-bond donors (Lipinski definition) is 1. The Morgan fingerprint density at radius 1 is 1.25 bits per heavy atom. The van der Waals surface area contributed by atoms with Crippen molar-refractivity contribution in [3.05, 3.63) is 28.8 Å². The Labute approximate surface area is 73.3 Å². The zero-order valence-electron chi connectivity index (χ0n) is 7.85. The lowest BCUT2D eigenvalue weighted by molar-refractivity contribution is 0.408. The molecule has 66 valence electrons. The second-order valence-electron chi connectivity index (χ2n) is 2.97. The van der Waals surface area contributed by atoms with Gasteiger partial charge in [-0.25, -0.2) is 0 Å². The Kier molecular flexibility index (Phi) is 2.71. The van der Waals surface area contributed by atoms with Gasteiger partial charge in [-0.1, -0.05) is 12.1 Å². The molecule has 0 radical (unpaired) electrons. The topological polar surface area (TPSA) is 35.2 Å². The number of aryl methyl sites for hydroxylation is 2. The van der Waals surface area contributed by atoms with Gasteiger partial charge in [0.2, 0.25) is 0 Å². The smallest absolute Gasteiger partial charge is 0.124 e. The number of rotatable bonds is 2. The molecule has 1 aromatic rings. The highest BCUT2D eigenvalue weighted by molar-refractivity contribution is 5.43. The van der Waals surface area contributed by atoms with E-state index in [1.807, 2.05) is 13.8 Å². The van der Waals surface area contributed by atoms with Crippen molar-refractivity contribution in [2.24, 2.45) is 5.73 Å². The molecule has 0 heterocycles. The summed E-state index contributed by atoms with van der Waals surface area (Å²) >= 11 is 0. The summed E-state index contributed by atoms with van der Waals surface area (Å²) in [6.45, 7) is 4.65. The van der Waals surface area contributed by atoms with Crippen molar-refractivity contribution in [1.29, 1.82) is 0 Å². The Morgan fingerprint density at radius 3 is 2.08 bits per heavy atom. The van der Waals surface area contributed by atoms with E-state index in [2.05, 4.69) is 12.1 Å². The van der Waals surface area contributed by atoms with Gasteiger partial charge in [0.25, 0.3) is 0 Å². The van der Waals surface area contributed by atoms with Gasteiger partial charge >= 0.3 is 0 Å². The molecule has 2 nitrogen and oxygen atoms in total. The highest BCUT2D eigenvalue weighted by atomic mass is 16.5. The van der Waals surface area contributed by atoms with E-state index in [0.717, 1.165) is 22.4 Å². The molecule has 0 saturated heterocycles. The van der Waals surface area contributed by atoms with Crippen LogP contribution in [0.4, 0.5) is 0 Å². The molecule has 0 aliphatic rings. The first-order valence-corrected chi connectivity index (χ1v) is 4.03. The third-order valence-electron chi connectivity index (χ3n) is 1.96. The molecule has 0 unspecified atom stereocenters. The van der Waals surface area contributed by atoms with Crippen LogP contribution in [0, 0.1) is 13.8 Å². The summed E-state index contributed by atoms with van der Waals surface area (Å²) in [6, 6.07) is 4.12. The summed E-state index contributed by atoms with van der Waals surface area (Å²) in [4.78, 5) is 0. The van der Waals surface area contributed by atoms with Crippen LogP contribution in [-0.2, 0) is 6.54 Å². The van der Waals surface area contributed by atoms with E-state index in [1.165, 1.54) is 0 Å². The molecule has 0 aliphatic carbocycles. The van der Waals surface area contributed by atoms with Crippen LogP contribution in [0.5, 0.6) is 5.75 Å². The van der Waals surface area contributed by atoms with Crippen molar-refractivity contribution in [3.63, 3.8) is 0 Å². The summed E-state index contributed by atoms with van der Waals surface area (Å²) in [7, 11) is 1.69. The zero-order chi connectivity index (χ0) is 9.14. The van der Waals surface area contributed by atoms with Gasteiger partial charge in [-0.3, -0.25) is 0 Å². The van der Waals surface area contributed by atoms with Crippen LogP contribution in [0.25, 0.3) is 0 Å². The van der Waals surface area contributed by atoms with Gasteiger partial charge in [0.05, 0.1) is 7.11 Å². The van der Waals surface area contributed by atoms with Gasteiger partial charge < -0.3 is 10.5 Å². The first-order valence-electron chi connectivity index (χ1n) is 4.03. The lowest BCUT2D eigenvalue weighted by Crippen LogP contribution is -1.99. The SMILES string of the molecule is COc1c(C)cc(CN)cc1C.